The van der Waals surface area contributed by atoms with Crippen molar-refractivity contribution in [1.29, 1.82) is 5.26 Å². The van der Waals surface area contributed by atoms with Crippen LogP contribution in [0.1, 0.15) is 20.3 Å². The zero-order valence-electron chi connectivity index (χ0n) is 10.3. The summed E-state index contributed by atoms with van der Waals surface area (Å²) in [4.78, 5) is 2.17. The number of nitrogen functional groups attached to an aromatic ring is 1. The molecule has 0 saturated heterocycles. The lowest BCUT2D eigenvalue weighted by molar-refractivity contribution is 0.612. The predicted octanol–water partition coefficient (Wildman–Crippen LogP) is 3.41. The van der Waals surface area contributed by atoms with Crippen LogP contribution in [0.2, 0.25) is 0 Å². The van der Waals surface area contributed by atoms with Gasteiger partial charge in [-0.15, -0.1) is 0 Å². The molecule has 0 radical (unpaired) electrons. The number of hydrogen-bond acceptors (Lipinski definition) is 3. The summed E-state index contributed by atoms with van der Waals surface area (Å²) in [7, 11) is 0. The highest BCUT2D eigenvalue weighted by Gasteiger charge is 2.11. The Bertz CT molecular complexity index is 410. The van der Waals surface area contributed by atoms with Crippen molar-refractivity contribution in [3.63, 3.8) is 0 Å². The normalized spacial score (nSPS) is 10.3. The molecule has 0 spiro atoms. The fourth-order valence-corrected chi connectivity index (χ4v) is 2.08. The van der Waals surface area contributed by atoms with E-state index in [2.05, 4.69) is 40.7 Å². The highest BCUT2D eigenvalue weighted by Crippen LogP contribution is 2.27. The van der Waals surface area contributed by atoms with Gasteiger partial charge < -0.3 is 10.6 Å². The van der Waals surface area contributed by atoms with Crippen LogP contribution < -0.4 is 10.6 Å². The standard InChI is InChI=1S/C13H18BrN3/c1-10(2)9-17(7-3-6-15)13-8-11(14)4-5-12(13)16/h4-5,8,10H,3,7,9,16H2,1-2H3. The minimum absolute atomic E-state index is 0.513. The Morgan fingerprint density at radius 3 is 2.76 bits per heavy atom. The SMILES string of the molecule is CC(C)CN(CCC#N)c1cc(Br)ccc1N. The Hall–Kier alpha value is -1.21. The number of nitrogens with two attached hydrogens (primary N) is 1. The smallest absolute Gasteiger partial charge is 0.0640 e. The Morgan fingerprint density at radius 1 is 1.47 bits per heavy atom. The molecule has 1 rings (SSSR count). The minimum Gasteiger partial charge on any atom is -0.397 e. The summed E-state index contributed by atoms with van der Waals surface area (Å²) in [5.41, 5.74) is 7.75. The molecule has 0 aliphatic rings. The number of rotatable bonds is 5. The van der Waals surface area contributed by atoms with Gasteiger partial charge in [0.1, 0.15) is 0 Å². The van der Waals surface area contributed by atoms with Gasteiger partial charge in [-0.2, -0.15) is 5.26 Å². The molecule has 17 heavy (non-hydrogen) atoms. The van der Waals surface area contributed by atoms with Crippen LogP contribution in [0.5, 0.6) is 0 Å². The van der Waals surface area contributed by atoms with Gasteiger partial charge in [-0.05, 0) is 24.1 Å². The molecule has 92 valence electrons. The van der Waals surface area contributed by atoms with Crippen LogP contribution in [-0.2, 0) is 0 Å². The van der Waals surface area contributed by atoms with E-state index in [1.807, 2.05) is 18.2 Å². The van der Waals surface area contributed by atoms with Gasteiger partial charge in [-0.3, -0.25) is 0 Å². The largest absolute Gasteiger partial charge is 0.397 e. The van der Waals surface area contributed by atoms with Gasteiger partial charge in [0.2, 0.25) is 0 Å². The lowest BCUT2D eigenvalue weighted by Gasteiger charge is -2.27. The Labute approximate surface area is 111 Å². The number of benzene rings is 1. The second-order valence-corrected chi connectivity index (χ2v) is 5.37. The van der Waals surface area contributed by atoms with E-state index in [1.165, 1.54) is 0 Å². The highest BCUT2D eigenvalue weighted by molar-refractivity contribution is 9.10. The molecule has 0 aliphatic heterocycles. The van der Waals surface area contributed by atoms with Crippen molar-refractivity contribution in [1.82, 2.24) is 0 Å². The van der Waals surface area contributed by atoms with Crippen molar-refractivity contribution in [2.45, 2.75) is 20.3 Å². The quantitative estimate of drug-likeness (QED) is 0.847. The third-order valence-electron chi connectivity index (χ3n) is 2.41. The second kappa shape index (κ2) is 6.51. The first-order valence-electron chi connectivity index (χ1n) is 5.71. The summed E-state index contributed by atoms with van der Waals surface area (Å²) >= 11 is 3.45. The van der Waals surface area contributed by atoms with E-state index < -0.39 is 0 Å². The molecule has 0 heterocycles. The molecule has 0 aliphatic carbocycles. The Kier molecular flexibility index (Phi) is 5.30. The zero-order chi connectivity index (χ0) is 12.8. The van der Waals surface area contributed by atoms with Crippen molar-refractivity contribution in [3.8, 4) is 6.07 Å². The monoisotopic (exact) mass is 295 g/mol. The molecule has 0 atom stereocenters. The molecule has 0 amide bonds. The predicted molar refractivity (Wildman–Crippen MR) is 75.8 cm³/mol. The van der Waals surface area contributed by atoms with E-state index in [-0.39, 0.29) is 0 Å². The molecule has 0 fully saturated rings. The van der Waals surface area contributed by atoms with Crippen molar-refractivity contribution in [2.75, 3.05) is 23.7 Å². The molecule has 0 unspecified atom stereocenters. The lowest BCUT2D eigenvalue weighted by Crippen LogP contribution is -2.29. The third kappa shape index (κ3) is 4.27. The zero-order valence-corrected chi connectivity index (χ0v) is 11.9. The molecular weight excluding hydrogens is 278 g/mol. The molecular formula is C13H18BrN3. The molecule has 4 heteroatoms. The first kappa shape index (κ1) is 13.9. The summed E-state index contributed by atoms with van der Waals surface area (Å²) in [5, 5.41) is 8.70. The summed E-state index contributed by atoms with van der Waals surface area (Å²) < 4.78 is 1.01. The number of nitriles is 1. The summed E-state index contributed by atoms with van der Waals surface area (Å²) in [5.74, 6) is 0.534. The van der Waals surface area contributed by atoms with Gasteiger partial charge in [0.15, 0.2) is 0 Å². The van der Waals surface area contributed by atoms with Gasteiger partial charge >= 0.3 is 0 Å². The van der Waals surface area contributed by atoms with E-state index in [9.17, 15) is 0 Å². The van der Waals surface area contributed by atoms with Crippen molar-refractivity contribution < 1.29 is 0 Å². The molecule has 3 nitrogen and oxygen atoms in total. The first-order valence-corrected chi connectivity index (χ1v) is 6.50. The summed E-state index contributed by atoms with van der Waals surface area (Å²) in [6.45, 7) is 5.94. The van der Waals surface area contributed by atoms with E-state index in [4.69, 9.17) is 11.0 Å². The van der Waals surface area contributed by atoms with Gasteiger partial charge in [-0.1, -0.05) is 29.8 Å². The Balaban J connectivity index is 2.94. The van der Waals surface area contributed by atoms with Crippen LogP contribution in [0.15, 0.2) is 22.7 Å². The van der Waals surface area contributed by atoms with Crippen LogP contribution in [0.4, 0.5) is 11.4 Å². The van der Waals surface area contributed by atoms with E-state index >= 15 is 0 Å². The lowest BCUT2D eigenvalue weighted by atomic mass is 10.1. The first-order chi connectivity index (χ1) is 8.04. The van der Waals surface area contributed by atoms with Crippen molar-refractivity contribution >= 4 is 27.3 Å². The average Bonchev–Trinajstić information content (AvgIpc) is 2.27. The average molecular weight is 296 g/mol. The number of hydrogen-bond donors (Lipinski definition) is 1. The van der Waals surface area contributed by atoms with Crippen LogP contribution in [0.25, 0.3) is 0 Å². The van der Waals surface area contributed by atoms with Gasteiger partial charge in [0.05, 0.1) is 23.9 Å². The summed E-state index contributed by atoms with van der Waals surface area (Å²) in [6.07, 6.45) is 0.513. The maximum Gasteiger partial charge on any atom is 0.0640 e. The number of nitrogens with zero attached hydrogens (tertiary/aromatic N) is 2. The number of halogens is 1. The van der Waals surface area contributed by atoms with E-state index in [0.717, 1.165) is 28.9 Å². The molecule has 0 aromatic heterocycles. The Morgan fingerprint density at radius 2 is 2.18 bits per heavy atom. The molecule has 0 saturated carbocycles. The maximum absolute atomic E-state index is 8.70. The van der Waals surface area contributed by atoms with Gasteiger partial charge in [0, 0.05) is 17.6 Å². The minimum atomic E-state index is 0.513. The third-order valence-corrected chi connectivity index (χ3v) is 2.91. The molecule has 0 bridgehead atoms. The second-order valence-electron chi connectivity index (χ2n) is 4.45. The molecule has 1 aromatic rings. The highest BCUT2D eigenvalue weighted by atomic mass is 79.9. The van der Waals surface area contributed by atoms with Crippen LogP contribution in [0.3, 0.4) is 0 Å². The van der Waals surface area contributed by atoms with Crippen LogP contribution >= 0.6 is 15.9 Å². The van der Waals surface area contributed by atoms with E-state index in [1.54, 1.807) is 0 Å². The van der Waals surface area contributed by atoms with Crippen molar-refractivity contribution in [2.24, 2.45) is 5.92 Å². The molecule has 1 aromatic carbocycles. The van der Waals surface area contributed by atoms with Crippen LogP contribution in [0, 0.1) is 17.2 Å². The molecule has 2 N–H and O–H groups in total. The maximum atomic E-state index is 8.70. The fourth-order valence-electron chi connectivity index (χ4n) is 1.73. The fraction of sp³-hybridized carbons (Fsp3) is 0.462. The topological polar surface area (TPSA) is 53.0 Å². The van der Waals surface area contributed by atoms with Crippen LogP contribution in [-0.4, -0.2) is 13.1 Å². The summed E-state index contributed by atoms with van der Waals surface area (Å²) in [6, 6.07) is 8.01. The van der Waals surface area contributed by atoms with Gasteiger partial charge in [-0.25, -0.2) is 0 Å². The van der Waals surface area contributed by atoms with E-state index in [0.29, 0.717) is 12.3 Å². The van der Waals surface area contributed by atoms with Gasteiger partial charge in [0.25, 0.3) is 0 Å². The van der Waals surface area contributed by atoms with Crippen molar-refractivity contribution in [3.05, 3.63) is 22.7 Å². The number of anilines is 2.